The second kappa shape index (κ2) is 9.59. The zero-order chi connectivity index (χ0) is 19.9. The molecule has 4 nitrogen and oxygen atoms in total. The van der Waals surface area contributed by atoms with E-state index in [1.807, 2.05) is 36.4 Å². The van der Waals surface area contributed by atoms with E-state index in [2.05, 4.69) is 52.7 Å². The molecule has 0 saturated carbocycles. The Hall–Kier alpha value is -2.82. The minimum Gasteiger partial charge on any atom is -0.481 e. The maximum atomic E-state index is 9.60. The molecule has 150 valence electrons. The summed E-state index contributed by atoms with van der Waals surface area (Å²) in [5.74, 6) is 0.824. The summed E-state index contributed by atoms with van der Waals surface area (Å²) in [5, 5.41) is 13.0. The molecule has 2 N–H and O–H groups in total. The van der Waals surface area contributed by atoms with E-state index in [-0.39, 0.29) is 12.7 Å². The quantitative estimate of drug-likeness (QED) is 0.646. The number of piperazine rings is 1. The van der Waals surface area contributed by atoms with Gasteiger partial charge in [0.2, 0.25) is 0 Å². The number of hydrogen-bond donors (Lipinski definition) is 2. The highest BCUT2D eigenvalue weighted by atomic mass is 16.5. The maximum absolute atomic E-state index is 9.60. The third-order valence-corrected chi connectivity index (χ3v) is 5.35. The van der Waals surface area contributed by atoms with Crippen molar-refractivity contribution in [2.45, 2.75) is 12.5 Å². The molecular formula is C25H28N2O2. The predicted octanol–water partition coefficient (Wildman–Crippen LogP) is 3.80. The number of nitrogens with one attached hydrogen (secondary N) is 1. The Morgan fingerprint density at radius 1 is 0.862 bits per heavy atom. The van der Waals surface area contributed by atoms with Gasteiger partial charge in [0.15, 0.2) is 0 Å². The third-order valence-electron chi connectivity index (χ3n) is 5.35. The first-order valence-corrected chi connectivity index (χ1v) is 10.3. The Morgan fingerprint density at radius 2 is 1.48 bits per heavy atom. The van der Waals surface area contributed by atoms with Gasteiger partial charge in [-0.25, -0.2) is 0 Å². The van der Waals surface area contributed by atoms with Crippen LogP contribution in [0.5, 0.6) is 5.75 Å². The molecule has 0 unspecified atom stereocenters. The summed E-state index contributed by atoms with van der Waals surface area (Å²) >= 11 is 0. The normalized spacial score (nSPS) is 14.2. The van der Waals surface area contributed by atoms with E-state index in [1.54, 1.807) is 0 Å². The molecule has 0 amide bonds. The van der Waals surface area contributed by atoms with E-state index in [4.69, 9.17) is 4.74 Å². The van der Waals surface area contributed by atoms with Crippen LogP contribution in [-0.2, 0) is 6.42 Å². The van der Waals surface area contributed by atoms with E-state index in [0.717, 1.165) is 48.6 Å². The highest BCUT2D eigenvalue weighted by molar-refractivity contribution is 5.57. The summed E-state index contributed by atoms with van der Waals surface area (Å²) in [6.45, 7) is 4.07. The van der Waals surface area contributed by atoms with Crippen molar-refractivity contribution in [1.29, 1.82) is 0 Å². The SMILES string of the molecule is OCCc1cc(OC(c2ccccc2)c2ccccc2)ccc1N1CCNCC1. The van der Waals surface area contributed by atoms with Gasteiger partial charge >= 0.3 is 0 Å². The molecule has 1 heterocycles. The van der Waals surface area contributed by atoms with Crippen molar-refractivity contribution in [3.63, 3.8) is 0 Å². The molecule has 3 aromatic rings. The lowest BCUT2D eigenvalue weighted by molar-refractivity contribution is 0.246. The molecule has 0 aromatic heterocycles. The minimum absolute atomic E-state index is 0.128. The lowest BCUT2D eigenvalue weighted by Gasteiger charge is -2.31. The molecule has 0 atom stereocenters. The van der Waals surface area contributed by atoms with E-state index in [9.17, 15) is 5.11 Å². The van der Waals surface area contributed by atoms with Crippen molar-refractivity contribution in [2.75, 3.05) is 37.7 Å². The van der Waals surface area contributed by atoms with Gasteiger partial charge in [-0.05, 0) is 41.3 Å². The van der Waals surface area contributed by atoms with Crippen LogP contribution in [0.1, 0.15) is 22.8 Å². The topological polar surface area (TPSA) is 44.7 Å². The van der Waals surface area contributed by atoms with Gasteiger partial charge in [-0.15, -0.1) is 0 Å². The first-order valence-electron chi connectivity index (χ1n) is 10.3. The van der Waals surface area contributed by atoms with Gasteiger partial charge in [-0.3, -0.25) is 0 Å². The van der Waals surface area contributed by atoms with E-state index in [1.165, 1.54) is 5.69 Å². The van der Waals surface area contributed by atoms with Crippen LogP contribution in [0, 0.1) is 0 Å². The van der Waals surface area contributed by atoms with Gasteiger partial charge in [0.05, 0.1) is 0 Å². The van der Waals surface area contributed by atoms with Gasteiger partial charge in [0.1, 0.15) is 11.9 Å². The van der Waals surface area contributed by atoms with Crippen molar-refractivity contribution < 1.29 is 9.84 Å². The Kier molecular flexibility index (Phi) is 6.45. The number of nitrogens with zero attached hydrogens (tertiary/aromatic N) is 1. The zero-order valence-corrected chi connectivity index (χ0v) is 16.6. The smallest absolute Gasteiger partial charge is 0.149 e. The first kappa shape index (κ1) is 19.5. The van der Waals surface area contributed by atoms with Crippen molar-refractivity contribution >= 4 is 5.69 Å². The molecule has 4 heteroatoms. The molecule has 1 fully saturated rings. The molecule has 1 aliphatic rings. The zero-order valence-electron chi connectivity index (χ0n) is 16.6. The Morgan fingerprint density at radius 3 is 2.07 bits per heavy atom. The summed E-state index contributed by atoms with van der Waals surface area (Å²) < 4.78 is 6.50. The number of rotatable bonds is 7. The second-order valence-corrected chi connectivity index (χ2v) is 7.32. The van der Waals surface area contributed by atoms with Crippen LogP contribution in [-0.4, -0.2) is 37.9 Å². The van der Waals surface area contributed by atoms with Crippen LogP contribution in [0.25, 0.3) is 0 Å². The number of aliphatic hydroxyl groups is 1. The Bertz CT molecular complexity index is 854. The lowest BCUT2D eigenvalue weighted by Crippen LogP contribution is -2.43. The van der Waals surface area contributed by atoms with Crippen molar-refractivity contribution in [3.8, 4) is 5.75 Å². The van der Waals surface area contributed by atoms with Crippen LogP contribution in [0.2, 0.25) is 0 Å². The highest BCUT2D eigenvalue weighted by Gasteiger charge is 2.18. The van der Waals surface area contributed by atoms with Crippen LogP contribution < -0.4 is 15.0 Å². The van der Waals surface area contributed by atoms with E-state index < -0.39 is 0 Å². The molecule has 29 heavy (non-hydrogen) atoms. The minimum atomic E-state index is -0.176. The molecule has 0 bridgehead atoms. The van der Waals surface area contributed by atoms with Crippen LogP contribution >= 0.6 is 0 Å². The summed E-state index contributed by atoms with van der Waals surface area (Å²) in [6, 6.07) is 26.9. The van der Waals surface area contributed by atoms with Crippen molar-refractivity contribution in [2.24, 2.45) is 0 Å². The Labute approximate surface area is 172 Å². The molecule has 1 aliphatic heterocycles. The standard InChI is InChI=1S/C25H28N2O2/c28-18-13-22-19-23(11-12-24(22)27-16-14-26-15-17-27)29-25(20-7-3-1-4-8-20)21-9-5-2-6-10-21/h1-12,19,25-26,28H,13-18H2. The molecule has 1 saturated heterocycles. The lowest BCUT2D eigenvalue weighted by atomic mass is 10.0. The summed E-state index contributed by atoms with van der Waals surface area (Å²) in [4.78, 5) is 2.39. The average Bonchev–Trinajstić information content (AvgIpc) is 2.80. The fourth-order valence-electron chi connectivity index (χ4n) is 3.89. The number of aliphatic hydroxyl groups excluding tert-OH is 1. The van der Waals surface area contributed by atoms with Gasteiger partial charge in [0.25, 0.3) is 0 Å². The molecule has 3 aromatic carbocycles. The van der Waals surface area contributed by atoms with Gasteiger partial charge in [-0.1, -0.05) is 60.7 Å². The van der Waals surface area contributed by atoms with Crippen molar-refractivity contribution in [3.05, 3.63) is 95.6 Å². The fourth-order valence-corrected chi connectivity index (χ4v) is 3.89. The second-order valence-electron chi connectivity index (χ2n) is 7.32. The van der Waals surface area contributed by atoms with Crippen LogP contribution in [0.3, 0.4) is 0 Å². The summed E-state index contributed by atoms with van der Waals surface area (Å²) in [7, 11) is 0. The van der Waals surface area contributed by atoms with Crippen molar-refractivity contribution in [1.82, 2.24) is 5.32 Å². The van der Waals surface area contributed by atoms with Gasteiger partial charge < -0.3 is 20.1 Å². The molecule has 0 radical (unpaired) electrons. The molecule has 4 rings (SSSR count). The predicted molar refractivity (Wildman–Crippen MR) is 118 cm³/mol. The largest absolute Gasteiger partial charge is 0.481 e. The summed E-state index contributed by atoms with van der Waals surface area (Å²) in [5.41, 5.74) is 4.57. The number of anilines is 1. The van der Waals surface area contributed by atoms with Crippen LogP contribution in [0.4, 0.5) is 5.69 Å². The van der Waals surface area contributed by atoms with E-state index in [0.29, 0.717) is 6.42 Å². The van der Waals surface area contributed by atoms with Gasteiger partial charge in [0, 0.05) is 38.5 Å². The average molecular weight is 389 g/mol. The number of benzene rings is 3. The first-order chi connectivity index (χ1) is 14.3. The monoisotopic (exact) mass is 388 g/mol. The molecule has 0 aliphatic carbocycles. The molecular weight excluding hydrogens is 360 g/mol. The molecule has 0 spiro atoms. The van der Waals surface area contributed by atoms with Crippen LogP contribution in [0.15, 0.2) is 78.9 Å². The highest BCUT2D eigenvalue weighted by Crippen LogP contribution is 2.32. The Balaban J connectivity index is 1.64. The fraction of sp³-hybridized carbons (Fsp3) is 0.280. The number of hydrogen-bond acceptors (Lipinski definition) is 4. The van der Waals surface area contributed by atoms with Gasteiger partial charge in [-0.2, -0.15) is 0 Å². The van der Waals surface area contributed by atoms with E-state index >= 15 is 0 Å². The summed E-state index contributed by atoms with van der Waals surface area (Å²) in [6.07, 6.45) is 0.446. The maximum Gasteiger partial charge on any atom is 0.149 e. The third kappa shape index (κ3) is 4.78. The number of ether oxygens (including phenoxy) is 1.